The maximum atomic E-state index is 5.58. The molecule has 0 amide bonds. The van der Waals surface area contributed by atoms with Crippen LogP contribution in [0.2, 0.25) is 0 Å². The quantitative estimate of drug-likeness (QED) is 0.782. The molecule has 0 radical (unpaired) electrons. The largest absolute Gasteiger partial charge is 0.388 e. The fraction of sp³-hybridized carbons (Fsp3) is 0.545. The molecule has 3 N–H and O–H groups in total. The van der Waals surface area contributed by atoms with E-state index >= 15 is 0 Å². The van der Waals surface area contributed by atoms with Gasteiger partial charge in [0, 0.05) is 12.3 Å². The average molecular weight is 252 g/mol. The smallest absolute Gasteiger partial charge is 0.223 e. The molecule has 92 valence electrons. The SMILES string of the molecule is Cc1cc(C(N)=S)nc(NC2CCOC2C)n1. The molecule has 1 saturated heterocycles. The Morgan fingerprint density at radius 1 is 1.59 bits per heavy atom. The molecule has 5 nitrogen and oxygen atoms in total. The molecule has 1 aliphatic rings. The molecule has 6 heteroatoms. The third-order valence-corrected chi connectivity index (χ3v) is 3.01. The number of nitrogens with zero attached hydrogens (tertiary/aromatic N) is 2. The lowest BCUT2D eigenvalue weighted by atomic mass is 10.2. The predicted molar refractivity (Wildman–Crippen MR) is 70.1 cm³/mol. The molecule has 0 aliphatic carbocycles. The predicted octanol–water partition coefficient (Wildman–Crippen LogP) is 1.01. The molecule has 0 spiro atoms. The number of anilines is 1. The van der Waals surface area contributed by atoms with Gasteiger partial charge in [-0.25, -0.2) is 9.97 Å². The Balaban J connectivity index is 2.17. The molecule has 1 fully saturated rings. The van der Waals surface area contributed by atoms with Gasteiger partial charge in [-0.15, -0.1) is 0 Å². The van der Waals surface area contributed by atoms with Crippen molar-refractivity contribution in [2.75, 3.05) is 11.9 Å². The summed E-state index contributed by atoms with van der Waals surface area (Å²) in [6, 6.07) is 2.03. The number of thiocarbonyl (C=S) groups is 1. The van der Waals surface area contributed by atoms with E-state index in [0.717, 1.165) is 18.7 Å². The van der Waals surface area contributed by atoms with Crippen LogP contribution in [0.4, 0.5) is 5.95 Å². The number of aromatic nitrogens is 2. The Kier molecular flexibility index (Phi) is 3.54. The number of hydrogen-bond donors (Lipinski definition) is 2. The van der Waals surface area contributed by atoms with Crippen LogP contribution in [0.5, 0.6) is 0 Å². The molecule has 1 aromatic heterocycles. The first kappa shape index (κ1) is 12.2. The van der Waals surface area contributed by atoms with Crippen LogP contribution < -0.4 is 11.1 Å². The van der Waals surface area contributed by atoms with Gasteiger partial charge in [-0.3, -0.25) is 0 Å². The van der Waals surface area contributed by atoms with Gasteiger partial charge in [-0.2, -0.15) is 0 Å². The monoisotopic (exact) mass is 252 g/mol. The van der Waals surface area contributed by atoms with Crippen molar-refractivity contribution < 1.29 is 4.74 Å². The lowest BCUT2D eigenvalue weighted by Gasteiger charge is -2.16. The Labute approximate surface area is 106 Å². The fourth-order valence-electron chi connectivity index (χ4n) is 1.85. The van der Waals surface area contributed by atoms with Crippen LogP contribution in [0.15, 0.2) is 6.07 Å². The Hall–Kier alpha value is -1.27. The molecule has 0 saturated carbocycles. The van der Waals surface area contributed by atoms with Gasteiger partial charge in [-0.05, 0) is 26.3 Å². The zero-order valence-electron chi connectivity index (χ0n) is 9.93. The zero-order chi connectivity index (χ0) is 12.4. The minimum absolute atomic E-state index is 0.174. The van der Waals surface area contributed by atoms with Gasteiger partial charge in [-0.1, -0.05) is 12.2 Å². The number of ether oxygens (including phenoxy) is 1. The number of nitrogens with two attached hydrogens (primary N) is 1. The van der Waals surface area contributed by atoms with Gasteiger partial charge < -0.3 is 15.8 Å². The van der Waals surface area contributed by atoms with Crippen molar-refractivity contribution >= 4 is 23.2 Å². The van der Waals surface area contributed by atoms with Gasteiger partial charge in [0.1, 0.15) is 10.7 Å². The molecule has 2 rings (SSSR count). The second-order valence-electron chi connectivity index (χ2n) is 4.20. The average Bonchev–Trinajstić information content (AvgIpc) is 2.63. The highest BCUT2D eigenvalue weighted by Crippen LogP contribution is 2.17. The molecule has 2 heterocycles. The van der Waals surface area contributed by atoms with Crippen molar-refractivity contribution in [2.24, 2.45) is 5.73 Å². The molecule has 1 aromatic rings. The van der Waals surface area contributed by atoms with Crippen molar-refractivity contribution in [2.45, 2.75) is 32.4 Å². The van der Waals surface area contributed by atoms with Crippen molar-refractivity contribution in [1.82, 2.24) is 9.97 Å². The van der Waals surface area contributed by atoms with E-state index in [-0.39, 0.29) is 17.1 Å². The third kappa shape index (κ3) is 2.89. The summed E-state index contributed by atoms with van der Waals surface area (Å²) < 4.78 is 5.48. The maximum Gasteiger partial charge on any atom is 0.223 e. The van der Waals surface area contributed by atoms with Crippen molar-refractivity contribution in [1.29, 1.82) is 0 Å². The number of hydrogen-bond acceptors (Lipinski definition) is 5. The first-order valence-electron chi connectivity index (χ1n) is 5.60. The van der Waals surface area contributed by atoms with Crippen molar-refractivity contribution in [3.63, 3.8) is 0 Å². The molecule has 17 heavy (non-hydrogen) atoms. The van der Waals surface area contributed by atoms with E-state index in [4.69, 9.17) is 22.7 Å². The summed E-state index contributed by atoms with van der Waals surface area (Å²) in [5.41, 5.74) is 7.02. The van der Waals surface area contributed by atoms with Crippen LogP contribution in [0.3, 0.4) is 0 Å². The van der Waals surface area contributed by atoms with Gasteiger partial charge in [0.2, 0.25) is 5.95 Å². The van der Waals surface area contributed by atoms with Gasteiger partial charge in [0.15, 0.2) is 0 Å². The van der Waals surface area contributed by atoms with Crippen LogP contribution in [0.25, 0.3) is 0 Å². The van der Waals surface area contributed by atoms with E-state index in [2.05, 4.69) is 15.3 Å². The van der Waals surface area contributed by atoms with Gasteiger partial charge in [0.05, 0.1) is 12.1 Å². The number of nitrogens with one attached hydrogen (secondary N) is 1. The summed E-state index contributed by atoms with van der Waals surface area (Å²) in [6.45, 7) is 4.70. The summed E-state index contributed by atoms with van der Waals surface area (Å²) in [4.78, 5) is 8.89. The zero-order valence-corrected chi connectivity index (χ0v) is 10.8. The number of aryl methyl sites for hydroxylation is 1. The van der Waals surface area contributed by atoms with E-state index in [0.29, 0.717) is 11.6 Å². The van der Waals surface area contributed by atoms with E-state index in [1.54, 1.807) is 6.07 Å². The van der Waals surface area contributed by atoms with Crippen LogP contribution in [-0.2, 0) is 4.74 Å². The topological polar surface area (TPSA) is 73.1 Å². The second-order valence-corrected chi connectivity index (χ2v) is 4.64. The first-order chi connectivity index (χ1) is 8.06. The summed E-state index contributed by atoms with van der Waals surface area (Å²) in [6.07, 6.45) is 1.13. The highest BCUT2D eigenvalue weighted by atomic mass is 32.1. The Morgan fingerprint density at radius 2 is 2.35 bits per heavy atom. The summed E-state index contributed by atoms with van der Waals surface area (Å²) in [5, 5.41) is 3.26. The Bertz CT molecular complexity index is 437. The summed E-state index contributed by atoms with van der Waals surface area (Å²) >= 11 is 4.92. The first-order valence-corrected chi connectivity index (χ1v) is 6.00. The summed E-state index contributed by atoms with van der Waals surface area (Å²) in [5.74, 6) is 0.565. The van der Waals surface area contributed by atoms with Crippen molar-refractivity contribution in [3.8, 4) is 0 Å². The number of rotatable bonds is 3. The molecule has 1 aliphatic heterocycles. The lowest BCUT2D eigenvalue weighted by Crippen LogP contribution is -2.28. The minimum Gasteiger partial charge on any atom is -0.388 e. The van der Waals surface area contributed by atoms with E-state index in [9.17, 15) is 0 Å². The molecule has 2 atom stereocenters. The van der Waals surface area contributed by atoms with Crippen LogP contribution in [0.1, 0.15) is 24.7 Å². The maximum absolute atomic E-state index is 5.58. The van der Waals surface area contributed by atoms with Gasteiger partial charge >= 0.3 is 0 Å². The minimum atomic E-state index is 0.174. The highest BCUT2D eigenvalue weighted by Gasteiger charge is 2.24. The van der Waals surface area contributed by atoms with Crippen molar-refractivity contribution in [3.05, 3.63) is 17.5 Å². The normalized spacial score (nSPS) is 23.6. The Morgan fingerprint density at radius 3 is 2.94 bits per heavy atom. The van der Waals surface area contributed by atoms with E-state index < -0.39 is 0 Å². The fourth-order valence-corrected chi connectivity index (χ4v) is 1.95. The molecule has 0 aromatic carbocycles. The summed E-state index contributed by atoms with van der Waals surface area (Å²) in [7, 11) is 0. The van der Waals surface area contributed by atoms with Crippen LogP contribution in [-0.4, -0.2) is 33.7 Å². The van der Waals surface area contributed by atoms with Crippen LogP contribution >= 0.6 is 12.2 Å². The molecule has 2 unspecified atom stereocenters. The molecular weight excluding hydrogens is 236 g/mol. The highest BCUT2D eigenvalue weighted by molar-refractivity contribution is 7.80. The third-order valence-electron chi connectivity index (χ3n) is 2.80. The molecule has 0 bridgehead atoms. The standard InChI is InChI=1S/C11H16N4OS/c1-6-5-9(10(12)17)15-11(13-6)14-8-3-4-16-7(8)2/h5,7-8H,3-4H2,1-2H3,(H2,12,17)(H,13,14,15). The van der Waals surface area contributed by atoms with Gasteiger partial charge in [0.25, 0.3) is 0 Å². The van der Waals surface area contributed by atoms with E-state index in [1.807, 2.05) is 13.8 Å². The second kappa shape index (κ2) is 4.93. The van der Waals surface area contributed by atoms with Crippen LogP contribution in [0, 0.1) is 6.92 Å². The van der Waals surface area contributed by atoms with E-state index in [1.165, 1.54) is 0 Å². The lowest BCUT2D eigenvalue weighted by molar-refractivity contribution is 0.121. The molecular formula is C11H16N4OS.